The summed E-state index contributed by atoms with van der Waals surface area (Å²) in [4.78, 5) is 68.1. The first-order valence-electron chi connectivity index (χ1n) is 23.4. The van der Waals surface area contributed by atoms with Gasteiger partial charge in [0.15, 0.2) is 0 Å². The molecule has 9 rings (SSSR count). The molecule has 68 heavy (non-hydrogen) atoms. The Balaban J connectivity index is 0.607. The minimum absolute atomic E-state index is 0.0251. The minimum Gasteiger partial charge on any atom is -0.490 e. The number of carbonyl (C=O) groups is 4. The molecular weight excluding hydrogens is 891 g/mol. The van der Waals surface area contributed by atoms with Crippen molar-refractivity contribution in [3.8, 4) is 17.0 Å². The van der Waals surface area contributed by atoms with E-state index in [1.165, 1.54) is 20.5 Å². The number of rotatable bonds is 19. The van der Waals surface area contributed by atoms with Gasteiger partial charge in [0.1, 0.15) is 23.3 Å². The predicted molar refractivity (Wildman–Crippen MR) is 258 cm³/mol. The predicted octanol–water partition coefficient (Wildman–Crippen LogP) is 5.41. The summed E-state index contributed by atoms with van der Waals surface area (Å²) < 4.78 is 32.9. The standard InChI is InChI=1S/C50H57N7O10S/c1-30-28-51-46-45-36-12-13-37(54-38(36)14-17-42(45)68-47(46)49(61)52-30)32-4-8-34(9-5-32)67-35-10-6-33(7-11-35)53-44(59)29-66-26-25-65-24-23-64-22-21-63-20-19-31-3-15-39-41(27-31)56(2)50(62)57(39)40-16-18-43(58)55-48(40)60/h3-5,8-9,12-15,17,27,30,33,35,40,51H,6-7,10-11,16,18-26,28-29H2,1-2H3,(H,52,61)(H,53,59)(H,55,58,60)/t30-,33?,35?,40?/m1/s1. The van der Waals surface area contributed by atoms with Crippen molar-refractivity contribution in [3.05, 3.63) is 87.7 Å². The fourth-order valence-electron chi connectivity index (χ4n) is 9.19. The van der Waals surface area contributed by atoms with E-state index < -0.39 is 11.9 Å². The van der Waals surface area contributed by atoms with Crippen LogP contribution in [0.25, 0.3) is 43.3 Å². The molecule has 1 aliphatic carbocycles. The molecule has 6 aromatic rings. The molecule has 2 aliphatic heterocycles. The van der Waals surface area contributed by atoms with Gasteiger partial charge in [0, 0.05) is 53.1 Å². The van der Waals surface area contributed by atoms with Gasteiger partial charge in [0.05, 0.1) is 80.3 Å². The number of carbonyl (C=O) groups excluding carboxylic acids is 4. The van der Waals surface area contributed by atoms with Gasteiger partial charge in [-0.1, -0.05) is 6.07 Å². The summed E-state index contributed by atoms with van der Waals surface area (Å²) >= 11 is 1.51. The molecular formula is C50H57N7O10S. The molecule has 0 bridgehead atoms. The lowest BCUT2D eigenvalue weighted by Crippen LogP contribution is -2.44. The van der Waals surface area contributed by atoms with Crippen LogP contribution in [-0.4, -0.2) is 115 Å². The number of fused-ring (bicyclic) bond motifs is 6. The lowest BCUT2D eigenvalue weighted by Gasteiger charge is -2.29. The summed E-state index contributed by atoms with van der Waals surface area (Å²) in [6.45, 7) is 5.39. The van der Waals surface area contributed by atoms with E-state index in [1.807, 2.05) is 67.6 Å². The van der Waals surface area contributed by atoms with Crippen LogP contribution in [0.15, 0.2) is 71.5 Å². The summed E-state index contributed by atoms with van der Waals surface area (Å²) in [6, 6.07) is 21.3. The highest BCUT2D eigenvalue weighted by Crippen LogP contribution is 2.41. The van der Waals surface area contributed by atoms with E-state index in [4.69, 9.17) is 28.7 Å². The van der Waals surface area contributed by atoms with Gasteiger partial charge >= 0.3 is 5.69 Å². The lowest BCUT2D eigenvalue weighted by atomic mass is 9.93. The van der Waals surface area contributed by atoms with Gasteiger partial charge in [-0.3, -0.25) is 33.6 Å². The number of hydrogen-bond donors (Lipinski definition) is 4. The maximum atomic E-state index is 13.0. The number of amides is 4. The maximum Gasteiger partial charge on any atom is 0.329 e. The van der Waals surface area contributed by atoms with E-state index >= 15 is 0 Å². The highest BCUT2D eigenvalue weighted by molar-refractivity contribution is 7.21. The quantitative estimate of drug-likeness (QED) is 0.0596. The highest BCUT2D eigenvalue weighted by Gasteiger charge is 2.31. The number of pyridine rings is 1. The largest absolute Gasteiger partial charge is 0.490 e. The molecule has 1 saturated carbocycles. The van der Waals surface area contributed by atoms with Crippen LogP contribution in [0.5, 0.6) is 5.75 Å². The molecule has 2 atom stereocenters. The zero-order chi connectivity index (χ0) is 47.1. The van der Waals surface area contributed by atoms with Crippen molar-refractivity contribution >= 4 is 72.7 Å². The molecule has 0 spiro atoms. The third kappa shape index (κ3) is 10.7. The molecule has 17 nitrogen and oxygen atoms in total. The van der Waals surface area contributed by atoms with Gasteiger partial charge in [-0.15, -0.1) is 11.3 Å². The second kappa shape index (κ2) is 21.4. The molecule has 1 saturated heterocycles. The summed E-state index contributed by atoms with van der Waals surface area (Å²) in [6.07, 6.45) is 4.53. The number of aromatic nitrogens is 3. The smallest absolute Gasteiger partial charge is 0.329 e. The molecule has 358 valence electrons. The van der Waals surface area contributed by atoms with Gasteiger partial charge < -0.3 is 39.6 Å². The fourth-order valence-corrected chi connectivity index (χ4v) is 10.3. The molecule has 1 unspecified atom stereocenters. The summed E-state index contributed by atoms with van der Waals surface area (Å²) in [5.41, 5.74) is 5.68. The summed E-state index contributed by atoms with van der Waals surface area (Å²) in [7, 11) is 1.68. The van der Waals surface area contributed by atoms with Crippen molar-refractivity contribution in [2.75, 3.05) is 64.7 Å². The van der Waals surface area contributed by atoms with Crippen molar-refractivity contribution in [2.24, 2.45) is 7.05 Å². The third-order valence-electron chi connectivity index (χ3n) is 12.7. The van der Waals surface area contributed by atoms with Gasteiger partial charge in [-0.2, -0.15) is 0 Å². The SMILES string of the molecule is C[C@@H]1CNc2c(sc3ccc4nc(-c5ccc(OC6CCC(NC(=O)COCCOCCOCCOCCc7ccc8c(c7)n(C)c(=O)n8C7CCC(=O)NC7=O)CC6)cc5)ccc4c23)C(=O)N1. The Morgan fingerprint density at radius 3 is 2.31 bits per heavy atom. The second-order valence-electron chi connectivity index (χ2n) is 17.6. The summed E-state index contributed by atoms with van der Waals surface area (Å²) in [5, 5.41) is 14.0. The molecule has 5 heterocycles. The number of aryl methyl sites for hydroxylation is 1. The van der Waals surface area contributed by atoms with Gasteiger partial charge in [-0.05, 0) is 112 Å². The van der Waals surface area contributed by atoms with Crippen molar-refractivity contribution < 1.29 is 42.9 Å². The number of benzene rings is 3. The Morgan fingerprint density at radius 2 is 1.56 bits per heavy atom. The molecule has 4 N–H and O–H groups in total. The Hall–Kier alpha value is -6.18. The van der Waals surface area contributed by atoms with Gasteiger partial charge in [-0.25, -0.2) is 9.78 Å². The number of imide groups is 1. The first-order chi connectivity index (χ1) is 33.1. The first-order valence-corrected chi connectivity index (χ1v) is 24.2. The maximum absolute atomic E-state index is 13.0. The number of ether oxygens (including phenoxy) is 5. The first kappa shape index (κ1) is 46.9. The van der Waals surface area contributed by atoms with Crippen LogP contribution in [-0.2, 0) is 46.8 Å². The molecule has 4 amide bonds. The Morgan fingerprint density at radius 1 is 0.824 bits per heavy atom. The van der Waals surface area contributed by atoms with Crippen LogP contribution < -0.4 is 31.7 Å². The topological polar surface area (TPSA) is 202 Å². The fraction of sp³-hybridized carbons (Fsp3) is 0.440. The highest BCUT2D eigenvalue weighted by atomic mass is 32.1. The van der Waals surface area contributed by atoms with E-state index in [-0.39, 0.29) is 54.6 Å². The molecule has 3 aromatic heterocycles. The average molecular weight is 948 g/mol. The monoisotopic (exact) mass is 947 g/mol. The molecule has 2 fully saturated rings. The van der Waals surface area contributed by atoms with Crippen LogP contribution in [0.3, 0.4) is 0 Å². The van der Waals surface area contributed by atoms with E-state index in [9.17, 15) is 24.0 Å². The number of anilines is 1. The number of nitrogens with one attached hydrogen (secondary N) is 4. The van der Waals surface area contributed by atoms with E-state index in [0.717, 1.165) is 74.9 Å². The van der Waals surface area contributed by atoms with Crippen LogP contribution in [0, 0.1) is 0 Å². The third-order valence-corrected chi connectivity index (χ3v) is 13.9. The van der Waals surface area contributed by atoms with Crippen LogP contribution >= 0.6 is 11.3 Å². The van der Waals surface area contributed by atoms with Gasteiger partial charge in [0.25, 0.3) is 5.91 Å². The van der Waals surface area contributed by atoms with Gasteiger partial charge in [0.2, 0.25) is 17.7 Å². The zero-order valence-electron chi connectivity index (χ0n) is 38.3. The Labute approximate surface area is 396 Å². The van der Waals surface area contributed by atoms with E-state index in [2.05, 4.69) is 27.3 Å². The zero-order valence-corrected chi connectivity index (χ0v) is 39.1. The number of hydrogen-bond acceptors (Lipinski definition) is 13. The molecule has 3 aliphatic rings. The number of imidazole rings is 1. The van der Waals surface area contributed by atoms with Crippen molar-refractivity contribution in [1.82, 2.24) is 30.1 Å². The van der Waals surface area contributed by atoms with E-state index in [1.54, 1.807) is 7.05 Å². The molecule has 0 radical (unpaired) electrons. The number of thiophene rings is 1. The summed E-state index contributed by atoms with van der Waals surface area (Å²) in [5.74, 6) is -0.150. The normalized spacial score (nSPS) is 19.6. The van der Waals surface area contributed by atoms with Crippen molar-refractivity contribution in [2.45, 2.75) is 76.1 Å². The molecule has 18 heteroatoms. The lowest BCUT2D eigenvalue weighted by molar-refractivity contribution is -0.135. The Bertz CT molecular complexity index is 2870. The number of nitrogens with zero attached hydrogens (tertiary/aromatic N) is 3. The Kier molecular flexibility index (Phi) is 14.8. The van der Waals surface area contributed by atoms with Crippen LogP contribution in [0.4, 0.5) is 5.69 Å². The molecule has 3 aromatic carbocycles. The van der Waals surface area contributed by atoms with Crippen LogP contribution in [0.2, 0.25) is 0 Å². The van der Waals surface area contributed by atoms with Crippen molar-refractivity contribution in [1.29, 1.82) is 0 Å². The second-order valence-corrected chi connectivity index (χ2v) is 18.6. The number of piperidine rings is 1. The van der Waals surface area contributed by atoms with E-state index in [0.29, 0.717) is 81.5 Å². The minimum atomic E-state index is -0.713. The van der Waals surface area contributed by atoms with Crippen molar-refractivity contribution in [3.63, 3.8) is 0 Å². The average Bonchev–Trinajstić information content (AvgIpc) is 3.79. The van der Waals surface area contributed by atoms with Crippen LogP contribution in [0.1, 0.15) is 66.7 Å².